The number of carbonyl (C=O) groups is 1. The van der Waals surface area contributed by atoms with E-state index in [4.69, 9.17) is 11.0 Å². The van der Waals surface area contributed by atoms with E-state index in [0.717, 1.165) is 6.42 Å². The molecular formula is C24H25FN2O3. The fourth-order valence-electron chi connectivity index (χ4n) is 3.95. The van der Waals surface area contributed by atoms with Gasteiger partial charge in [0.2, 0.25) is 0 Å². The van der Waals surface area contributed by atoms with Crippen molar-refractivity contribution in [2.45, 2.75) is 53.4 Å². The Morgan fingerprint density at radius 1 is 1.27 bits per heavy atom. The minimum Gasteiger partial charge on any atom is -0.461 e. The molecule has 1 unspecified atom stereocenters. The number of benzene rings is 1. The van der Waals surface area contributed by atoms with Gasteiger partial charge in [-0.1, -0.05) is 19.9 Å². The van der Waals surface area contributed by atoms with Crippen LogP contribution in [0.1, 0.15) is 57.8 Å². The summed E-state index contributed by atoms with van der Waals surface area (Å²) in [6, 6.07) is 3.95. The molecular weight excluding hydrogens is 383 g/mol. The molecule has 0 fully saturated rings. The van der Waals surface area contributed by atoms with Crippen LogP contribution >= 0.6 is 0 Å². The molecule has 0 amide bonds. The highest BCUT2D eigenvalue weighted by atomic mass is 19.1. The highest BCUT2D eigenvalue weighted by molar-refractivity contribution is 5.99. The zero-order chi connectivity index (χ0) is 22.2. The number of aryl methyl sites for hydroxylation is 1. The van der Waals surface area contributed by atoms with Gasteiger partial charge in [-0.15, -0.1) is 0 Å². The molecule has 1 aliphatic rings. The molecule has 0 saturated heterocycles. The van der Waals surface area contributed by atoms with Gasteiger partial charge in [0.05, 0.1) is 12.5 Å². The third-order valence-electron chi connectivity index (χ3n) is 5.39. The van der Waals surface area contributed by atoms with Gasteiger partial charge in [0.25, 0.3) is 0 Å². The lowest BCUT2D eigenvalue weighted by Crippen LogP contribution is -2.27. The number of rotatable bonds is 5. The molecule has 6 heteroatoms. The number of fused-ring (bicyclic) bond motifs is 1. The molecule has 156 valence electrons. The maximum atomic E-state index is 14.5. The van der Waals surface area contributed by atoms with Crippen LogP contribution in [-0.2, 0) is 4.79 Å². The number of dihydropyridines is 1. The molecule has 30 heavy (non-hydrogen) atoms. The summed E-state index contributed by atoms with van der Waals surface area (Å²) in [6.45, 7) is 17.0. The van der Waals surface area contributed by atoms with Crippen LogP contribution in [0.15, 0.2) is 50.1 Å². The Kier molecular flexibility index (Phi) is 5.93. The highest BCUT2D eigenvalue weighted by Crippen LogP contribution is 2.42. The summed E-state index contributed by atoms with van der Waals surface area (Å²) in [6.07, 6.45) is 1.06. The van der Waals surface area contributed by atoms with Gasteiger partial charge < -0.3 is 9.73 Å². The predicted octanol–water partition coefficient (Wildman–Crippen LogP) is 5.36. The first-order valence-electron chi connectivity index (χ1n) is 9.97. The van der Waals surface area contributed by atoms with Crippen molar-refractivity contribution in [3.63, 3.8) is 0 Å². The van der Waals surface area contributed by atoms with Crippen LogP contribution in [0.2, 0.25) is 0 Å². The number of nitrogens with one attached hydrogen (secondary N) is 1. The van der Waals surface area contributed by atoms with Gasteiger partial charge in [-0.25, -0.2) is 9.24 Å². The largest absolute Gasteiger partial charge is 0.461 e. The number of hydrogen-bond donors (Lipinski definition) is 1. The van der Waals surface area contributed by atoms with E-state index >= 15 is 0 Å². The Hall–Kier alpha value is -3.20. The summed E-state index contributed by atoms with van der Waals surface area (Å²) < 4.78 is 20.3. The fourth-order valence-corrected chi connectivity index (χ4v) is 3.95. The Balaban J connectivity index is 2.30. The molecule has 0 aliphatic carbocycles. The quantitative estimate of drug-likeness (QED) is 0.677. The molecule has 1 atom stereocenters. The smallest absolute Gasteiger partial charge is 0.195 e. The first kappa shape index (κ1) is 21.5. The van der Waals surface area contributed by atoms with E-state index in [-0.39, 0.29) is 16.8 Å². The van der Waals surface area contributed by atoms with Crippen molar-refractivity contribution in [3.05, 3.63) is 79.6 Å². The monoisotopic (exact) mass is 408 g/mol. The standard InChI is InChI=1S/C24H25FN2O3/c1-12(2)7-10-18(28)20-14(4)27-15(5)23(26-6)21(20)16-8-9-17(25)22-19(29)11-13(3)30-24(16)22/h8-9,11-12,21,27H,7,10H2,1-5H3. The van der Waals surface area contributed by atoms with Gasteiger partial charge >= 0.3 is 0 Å². The van der Waals surface area contributed by atoms with E-state index in [1.165, 1.54) is 18.2 Å². The second-order valence-corrected chi connectivity index (χ2v) is 8.14. The SMILES string of the molecule is [C-]#[N+]C1=C(C)NC(C)=C(C(=O)CCC(C)C)C1c1ccc(F)c2c(=O)cc(C)oc12. The van der Waals surface area contributed by atoms with Gasteiger partial charge in [-0.05, 0) is 44.7 Å². The predicted molar refractivity (Wildman–Crippen MR) is 114 cm³/mol. The second kappa shape index (κ2) is 8.27. The molecule has 1 N–H and O–H groups in total. The minimum absolute atomic E-state index is 0.0696. The van der Waals surface area contributed by atoms with Crippen molar-refractivity contribution in [3.8, 4) is 0 Å². The van der Waals surface area contributed by atoms with Gasteiger partial charge in [0.1, 0.15) is 22.5 Å². The summed E-state index contributed by atoms with van der Waals surface area (Å²) >= 11 is 0. The van der Waals surface area contributed by atoms with Crippen LogP contribution < -0.4 is 10.7 Å². The summed E-state index contributed by atoms with van der Waals surface area (Å²) in [5.74, 6) is -0.785. The molecule has 2 heterocycles. The number of ketones is 1. The van der Waals surface area contributed by atoms with Crippen molar-refractivity contribution in [1.82, 2.24) is 5.32 Å². The average Bonchev–Trinajstić information content (AvgIpc) is 2.65. The topological polar surface area (TPSA) is 63.7 Å². The maximum absolute atomic E-state index is 14.5. The van der Waals surface area contributed by atoms with E-state index in [1.54, 1.807) is 20.8 Å². The zero-order valence-corrected chi connectivity index (χ0v) is 17.9. The zero-order valence-electron chi connectivity index (χ0n) is 17.9. The van der Waals surface area contributed by atoms with Crippen molar-refractivity contribution in [2.75, 3.05) is 0 Å². The number of hydrogen-bond acceptors (Lipinski definition) is 4. The van der Waals surface area contributed by atoms with Crippen LogP contribution in [0.25, 0.3) is 15.8 Å². The van der Waals surface area contributed by atoms with Crippen LogP contribution in [0.5, 0.6) is 0 Å². The molecule has 1 aromatic carbocycles. The van der Waals surface area contributed by atoms with Gasteiger partial charge in [-0.2, -0.15) is 0 Å². The Labute approximate surface area is 175 Å². The fraction of sp³-hybridized carbons (Fsp3) is 0.375. The first-order chi connectivity index (χ1) is 14.1. The summed E-state index contributed by atoms with van der Waals surface area (Å²) in [5, 5.41) is 2.98. The van der Waals surface area contributed by atoms with Crippen molar-refractivity contribution < 1.29 is 13.6 Å². The van der Waals surface area contributed by atoms with E-state index in [2.05, 4.69) is 10.2 Å². The molecule has 3 rings (SSSR count). The number of carbonyl (C=O) groups excluding carboxylic acids is 1. The summed E-state index contributed by atoms with van der Waals surface area (Å²) in [5.41, 5.74) is 2.14. The van der Waals surface area contributed by atoms with Crippen molar-refractivity contribution in [2.24, 2.45) is 5.92 Å². The lowest BCUT2D eigenvalue weighted by atomic mass is 9.80. The normalized spacial score (nSPS) is 16.8. The molecule has 0 saturated carbocycles. The molecule has 0 radical (unpaired) electrons. The Morgan fingerprint density at radius 3 is 2.60 bits per heavy atom. The Morgan fingerprint density at radius 2 is 1.97 bits per heavy atom. The number of allylic oxidation sites excluding steroid dienone is 3. The van der Waals surface area contributed by atoms with Gasteiger partial charge in [0.15, 0.2) is 16.9 Å². The molecule has 2 aromatic rings. The van der Waals surface area contributed by atoms with Crippen LogP contribution in [0.3, 0.4) is 0 Å². The summed E-state index contributed by atoms with van der Waals surface area (Å²) in [7, 11) is 0. The first-order valence-corrected chi connectivity index (χ1v) is 9.97. The molecule has 1 aromatic heterocycles. The average molecular weight is 408 g/mol. The lowest BCUT2D eigenvalue weighted by molar-refractivity contribution is -0.116. The second-order valence-electron chi connectivity index (χ2n) is 8.14. The van der Waals surface area contributed by atoms with Crippen LogP contribution in [0, 0.1) is 25.2 Å². The van der Waals surface area contributed by atoms with E-state index in [9.17, 15) is 14.0 Å². The van der Waals surface area contributed by atoms with Crippen molar-refractivity contribution >= 4 is 16.8 Å². The molecule has 1 aliphatic heterocycles. The third-order valence-corrected chi connectivity index (χ3v) is 5.39. The highest BCUT2D eigenvalue weighted by Gasteiger charge is 2.35. The maximum Gasteiger partial charge on any atom is 0.195 e. The number of nitrogens with zero attached hydrogens (tertiary/aromatic N) is 1. The van der Waals surface area contributed by atoms with Gasteiger partial charge in [-0.3, -0.25) is 9.59 Å². The number of Topliss-reactive ketones (excluding diaryl/α,β-unsaturated/α-hetero) is 1. The number of halogens is 1. The third kappa shape index (κ3) is 3.80. The van der Waals surface area contributed by atoms with E-state index in [0.29, 0.717) is 46.3 Å². The van der Waals surface area contributed by atoms with Crippen LogP contribution in [0.4, 0.5) is 4.39 Å². The molecule has 0 bridgehead atoms. The molecule has 0 spiro atoms. The van der Waals surface area contributed by atoms with Gasteiger partial charge in [0, 0.05) is 29.5 Å². The van der Waals surface area contributed by atoms with Crippen molar-refractivity contribution in [1.29, 1.82) is 0 Å². The van der Waals surface area contributed by atoms with E-state index < -0.39 is 17.2 Å². The Bertz CT molecular complexity index is 1200. The lowest BCUT2D eigenvalue weighted by Gasteiger charge is -2.29. The summed E-state index contributed by atoms with van der Waals surface area (Å²) in [4.78, 5) is 29.4. The van der Waals surface area contributed by atoms with Crippen LogP contribution in [-0.4, -0.2) is 5.78 Å². The minimum atomic E-state index is -0.725. The molecule has 5 nitrogen and oxygen atoms in total. The van der Waals surface area contributed by atoms with E-state index in [1.807, 2.05) is 13.8 Å².